The summed E-state index contributed by atoms with van der Waals surface area (Å²) in [6.45, 7) is 5.34. The Morgan fingerprint density at radius 3 is 2.42 bits per heavy atom. The molecule has 138 valence electrons. The number of nitrogens with zero attached hydrogens (tertiary/aromatic N) is 4. The molecule has 0 radical (unpaired) electrons. The van der Waals surface area contributed by atoms with Crippen molar-refractivity contribution in [3.63, 3.8) is 0 Å². The van der Waals surface area contributed by atoms with Crippen molar-refractivity contribution in [1.29, 1.82) is 0 Å². The van der Waals surface area contributed by atoms with Gasteiger partial charge in [0.15, 0.2) is 11.2 Å². The molecule has 0 saturated heterocycles. The predicted molar refractivity (Wildman–Crippen MR) is 104 cm³/mol. The lowest BCUT2D eigenvalue weighted by atomic mass is 10.2. The van der Waals surface area contributed by atoms with Crippen molar-refractivity contribution in [2.45, 2.75) is 39.8 Å². The first-order valence-electron chi connectivity index (χ1n) is 8.89. The second kappa shape index (κ2) is 7.19. The van der Waals surface area contributed by atoms with Crippen molar-refractivity contribution >= 4 is 16.9 Å². The van der Waals surface area contributed by atoms with Crippen molar-refractivity contribution in [2.24, 2.45) is 14.1 Å². The molecular formula is C19H25N5O2. The molecule has 7 heteroatoms. The molecule has 26 heavy (non-hydrogen) atoms. The highest BCUT2D eigenvalue weighted by Crippen LogP contribution is 2.15. The minimum Gasteiger partial charge on any atom is -0.378 e. The van der Waals surface area contributed by atoms with E-state index in [2.05, 4.69) is 17.2 Å². The third kappa shape index (κ3) is 3.16. The van der Waals surface area contributed by atoms with E-state index in [-0.39, 0.29) is 11.2 Å². The molecule has 0 saturated carbocycles. The quantitative estimate of drug-likeness (QED) is 0.735. The number of benzene rings is 1. The van der Waals surface area contributed by atoms with Crippen LogP contribution in [0.2, 0.25) is 0 Å². The fraction of sp³-hybridized carbons (Fsp3) is 0.421. The number of anilines is 1. The van der Waals surface area contributed by atoms with E-state index < -0.39 is 0 Å². The van der Waals surface area contributed by atoms with Gasteiger partial charge in [-0.1, -0.05) is 31.0 Å². The van der Waals surface area contributed by atoms with Gasteiger partial charge in [-0.05, 0) is 25.5 Å². The zero-order chi connectivity index (χ0) is 18.8. The first kappa shape index (κ1) is 18.0. The first-order valence-corrected chi connectivity index (χ1v) is 8.89. The van der Waals surface area contributed by atoms with E-state index in [0.717, 1.165) is 28.9 Å². The summed E-state index contributed by atoms with van der Waals surface area (Å²) in [7, 11) is 3.16. The largest absolute Gasteiger partial charge is 0.378 e. The van der Waals surface area contributed by atoms with Crippen molar-refractivity contribution in [1.82, 2.24) is 18.7 Å². The van der Waals surface area contributed by atoms with Crippen LogP contribution in [0.1, 0.15) is 31.2 Å². The standard InChI is InChI=1S/C19H25N5O2/c1-5-6-11-24-15(12-20-14-9-7-13(2)8-10-14)21-17-16(24)18(25)23(4)19(26)22(17)3/h7-10,20H,5-6,11-12H2,1-4H3. The highest BCUT2D eigenvalue weighted by molar-refractivity contribution is 5.71. The Balaban J connectivity index is 2.07. The lowest BCUT2D eigenvalue weighted by Crippen LogP contribution is -2.37. The molecule has 2 heterocycles. The van der Waals surface area contributed by atoms with Crippen LogP contribution in [0, 0.1) is 6.92 Å². The molecule has 7 nitrogen and oxygen atoms in total. The van der Waals surface area contributed by atoms with E-state index in [0.29, 0.717) is 24.3 Å². The van der Waals surface area contributed by atoms with Gasteiger partial charge in [0.1, 0.15) is 5.82 Å². The summed E-state index contributed by atoms with van der Waals surface area (Å²) < 4.78 is 4.53. The molecule has 0 unspecified atom stereocenters. The maximum atomic E-state index is 12.7. The minimum atomic E-state index is -0.360. The fourth-order valence-corrected chi connectivity index (χ4v) is 3.04. The molecule has 0 fully saturated rings. The van der Waals surface area contributed by atoms with Gasteiger partial charge in [0.25, 0.3) is 5.56 Å². The third-order valence-corrected chi connectivity index (χ3v) is 4.66. The van der Waals surface area contributed by atoms with Gasteiger partial charge in [0, 0.05) is 26.3 Å². The summed E-state index contributed by atoms with van der Waals surface area (Å²) in [5, 5.41) is 3.35. The predicted octanol–water partition coefficient (Wildman–Crippen LogP) is 2.15. The van der Waals surface area contributed by atoms with Gasteiger partial charge in [-0.3, -0.25) is 13.9 Å². The zero-order valence-corrected chi connectivity index (χ0v) is 15.7. The van der Waals surface area contributed by atoms with Crippen LogP contribution < -0.4 is 16.6 Å². The first-order chi connectivity index (χ1) is 12.4. The number of unbranched alkanes of at least 4 members (excludes halogenated alkanes) is 1. The molecule has 3 rings (SSSR count). The Bertz CT molecular complexity index is 1040. The van der Waals surface area contributed by atoms with Crippen molar-refractivity contribution in [3.8, 4) is 0 Å². The van der Waals surface area contributed by atoms with E-state index in [9.17, 15) is 9.59 Å². The molecule has 0 atom stereocenters. The number of aromatic nitrogens is 4. The smallest absolute Gasteiger partial charge is 0.332 e. The second-order valence-corrected chi connectivity index (χ2v) is 6.63. The number of hydrogen-bond acceptors (Lipinski definition) is 4. The molecular weight excluding hydrogens is 330 g/mol. The Morgan fingerprint density at radius 1 is 1.08 bits per heavy atom. The lowest BCUT2D eigenvalue weighted by molar-refractivity contribution is 0.616. The van der Waals surface area contributed by atoms with Crippen LogP contribution in [0.4, 0.5) is 5.69 Å². The van der Waals surface area contributed by atoms with Gasteiger partial charge in [0.05, 0.1) is 6.54 Å². The number of aryl methyl sites for hydroxylation is 3. The van der Waals surface area contributed by atoms with Crippen LogP contribution in [0.25, 0.3) is 11.2 Å². The zero-order valence-electron chi connectivity index (χ0n) is 15.7. The van der Waals surface area contributed by atoms with Crippen molar-refractivity contribution < 1.29 is 0 Å². The number of rotatable bonds is 6. The molecule has 0 bridgehead atoms. The summed E-state index contributed by atoms with van der Waals surface area (Å²) in [6.07, 6.45) is 1.95. The van der Waals surface area contributed by atoms with Gasteiger partial charge < -0.3 is 9.88 Å². The number of nitrogens with one attached hydrogen (secondary N) is 1. The Morgan fingerprint density at radius 2 is 1.77 bits per heavy atom. The molecule has 0 spiro atoms. The Kier molecular flexibility index (Phi) is 4.97. The summed E-state index contributed by atoms with van der Waals surface area (Å²) in [5.41, 5.74) is 2.46. The monoisotopic (exact) mass is 355 g/mol. The van der Waals surface area contributed by atoms with E-state index in [1.165, 1.54) is 17.2 Å². The van der Waals surface area contributed by atoms with E-state index in [4.69, 9.17) is 0 Å². The van der Waals surface area contributed by atoms with Crippen LogP contribution in [0.15, 0.2) is 33.9 Å². The maximum absolute atomic E-state index is 12.7. The second-order valence-electron chi connectivity index (χ2n) is 6.63. The summed E-state index contributed by atoms with van der Waals surface area (Å²) >= 11 is 0. The van der Waals surface area contributed by atoms with Crippen LogP contribution in [-0.4, -0.2) is 18.7 Å². The fourth-order valence-electron chi connectivity index (χ4n) is 3.04. The van der Waals surface area contributed by atoms with Gasteiger partial charge in [0.2, 0.25) is 0 Å². The number of hydrogen-bond donors (Lipinski definition) is 1. The summed E-state index contributed by atoms with van der Waals surface area (Å²) in [4.78, 5) is 29.5. The van der Waals surface area contributed by atoms with Crippen LogP contribution in [-0.2, 0) is 27.2 Å². The van der Waals surface area contributed by atoms with E-state index in [1.807, 2.05) is 35.8 Å². The van der Waals surface area contributed by atoms with E-state index >= 15 is 0 Å². The molecule has 0 aliphatic rings. The molecule has 1 aromatic carbocycles. The van der Waals surface area contributed by atoms with Crippen LogP contribution in [0.5, 0.6) is 0 Å². The summed E-state index contributed by atoms with van der Waals surface area (Å²) in [5.74, 6) is 0.757. The number of imidazole rings is 1. The van der Waals surface area contributed by atoms with Crippen molar-refractivity contribution in [2.75, 3.05) is 5.32 Å². The summed E-state index contributed by atoms with van der Waals surface area (Å²) in [6, 6.07) is 8.12. The van der Waals surface area contributed by atoms with Gasteiger partial charge in [-0.2, -0.15) is 0 Å². The Hall–Kier alpha value is -2.83. The van der Waals surface area contributed by atoms with Crippen molar-refractivity contribution in [3.05, 3.63) is 56.5 Å². The average Bonchev–Trinajstić information content (AvgIpc) is 3.01. The molecule has 0 aliphatic carbocycles. The topological polar surface area (TPSA) is 73.8 Å². The van der Waals surface area contributed by atoms with E-state index in [1.54, 1.807) is 7.05 Å². The molecule has 2 aromatic heterocycles. The SMILES string of the molecule is CCCCn1c(CNc2ccc(C)cc2)nc2c1c(=O)n(C)c(=O)n2C. The highest BCUT2D eigenvalue weighted by Gasteiger charge is 2.18. The lowest BCUT2D eigenvalue weighted by Gasteiger charge is -2.10. The number of fused-ring (bicyclic) bond motifs is 1. The normalized spacial score (nSPS) is 11.2. The molecule has 1 N–H and O–H groups in total. The van der Waals surface area contributed by atoms with Crippen LogP contribution in [0.3, 0.4) is 0 Å². The highest BCUT2D eigenvalue weighted by atomic mass is 16.2. The molecule has 3 aromatic rings. The molecule has 0 amide bonds. The maximum Gasteiger partial charge on any atom is 0.332 e. The van der Waals surface area contributed by atoms with Gasteiger partial charge in [-0.15, -0.1) is 0 Å². The van der Waals surface area contributed by atoms with Gasteiger partial charge in [-0.25, -0.2) is 9.78 Å². The average molecular weight is 355 g/mol. The molecule has 0 aliphatic heterocycles. The third-order valence-electron chi connectivity index (χ3n) is 4.66. The Labute approximate surface area is 151 Å². The van der Waals surface area contributed by atoms with Crippen LogP contribution >= 0.6 is 0 Å². The minimum absolute atomic E-state index is 0.298. The van der Waals surface area contributed by atoms with Gasteiger partial charge >= 0.3 is 5.69 Å².